The van der Waals surface area contributed by atoms with Crippen molar-refractivity contribution in [2.45, 2.75) is 11.8 Å². The van der Waals surface area contributed by atoms with Gasteiger partial charge in [-0.3, -0.25) is 9.79 Å². The van der Waals surface area contributed by atoms with E-state index in [0.717, 1.165) is 5.69 Å². The summed E-state index contributed by atoms with van der Waals surface area (Å²) in [5, 5.41) is 0.143. The SMILES string of the molecule is CSC(=O)C(C)C=Nc1cccc(SC)c1. The van der Waals surface area contributed by atoms with E-state index in [9.17, 15) is 4.79 Å². The molecule has 4 heteroatoms. The van der Waals surface area contributed by atoms with Crippen molar-refractivity contribution >= 4 is 40.5 Å². The minimum atomic E-state index is -0.132. The molecule has 1 rings (SSSR count). The summed E-state index contributed by atoms with van der Waals surface area (Å²) in [4.78, 5) is 16.8. The van der Waals surface area contributed by atoms with E-state index < -0.39 is 0 Å². The predicted octanol–water partition coefficient (Wildman–Crippen LogP) is 3.64. The van der Waals surface area contributed by atoms with Gasteiger partial charge in [0.2, 0.25) is 0 Å². The number of benzene rings is 1. The standard InChI is InChI=1S/C12H15NOS2/c1-9(12(14)16-3)8-13-10-5-4-6-11(7-10)15-2/h4-9H,1-3H3. The molecule has 0 spiro atoms. The molecule has 0 aromatic heterocycles. The van der Waals surface area contributed by atoms with E-state index in [1.54, 1.807) is 24.2 Å². The summed E-state index contributed by atoms with van der Waals surface area (Å²) < 4.78 is 0. The third kappa shape index (κ3) is 4.02. The average molecular weight is 253 g/mol. The first-order chi connectivity index (χ1) is 7.67. The normalized spacial score (nSPS) is 12.9. The summed E-state index contributed by atoms with van der Waals surface area (Å²) in [7, 11) is 0. The molecule has 1 aromatic rings. The van der Waals surface area contributed by atoms with Gasteiger partial charge in [0.15, 0.2) is 5.12 Å². The summed E-state index contributed by atoms with van der Waals surface area (Å²) in [6.45, 7) is 1.86. The van der Waals surface area contributed by atoms with E-state index in [-0.39, 0.29) is 11.0 Å². The van der Waals surface area contributed by atoms with Crippen LogP contribution in [0.1, 0.15) is 6.92 Å². The van der Waals surface area contributed by atoms with Crippen LogP contribution < -0.4 is 0 Å². The maximum Gasteiger partial charge on any atom is 0.196 e. The molecule has 0 saturated heterocycles. The van der Waals surface area contributed by atoms with E-state index in [1.807, 2.05) is 37.4 Å². The van der Waals surface area contributed by atoms with Crippen molar-refractivity contribution in [1.82, 2.24) is 0 Å². The topological polar surface area (TPSA) is 29.4 Å². The Morgan fingerprint density at radius 3 is 2.81 bits per heavy atom. The fourth-order valence-electron chi connectivity index (χ4n) is 1.14. The third-order valence-corrected chi connectivity index (χ3v) is 3.57. The zero-order valence-electron chi connectivity index (χ0n) is 9.64. The van der Waals surface area contributed by atoms with Crippen LogP contribution in [0.2, 0.25) is 0 Å². The fraction of sp³-hybridized carbons (Fsp3) is 0.333. The molecule has 2 nitrogen and oxygen atoms in total. The lowest BCUT2D eigenvalue weighted by Gasteiger charge is -2.01. The molecule has 1 unspecified atom stereocenters. The average Bonchev–Trinajstić information content (AvgIpc) is 2.35. The van der Waals surface area contributed by atoms with Crippen LogP contribution in [0.15, 0.2) is 34.2 Å². The van der Waals surface area contributed by atoms with Crippen LogP contribution in [0.3, 0.4) is 0 Å². The Kier molecular flexibility index (Phi) is 5.63. The van der Waals surface area contributed by atoms with Gasteiger partial charge in [0, 0.05) is 11.1 Å². The van der Waals surface area contributed by atoms with Crippen LogP contribution >= 0.6 is 23.5 Å². The van der Waals surface area contributed by atoms with Crippen LogP contribution in [0.4, 0.5) is 5.69 Å². The smallest absolute Gasteiger partial charge is 0.196 e. The first-order valence-electron chi connectivity index (χ1n) is 4.93. The Morgan fingerprint density at radius 1 is 1.44 bits per heavy atom. The summed E-state index contributed by atoms with van der Waals surface area (Å²) >= 11 is 2.92. The minimum absolute atomic E-state index is 0.132. The van der Waals surface area contributed by atoms with Crippen LogP contribution in [0, 0.1) is 5.92 Å². The highest BCUT2D eigenvalue weighted by Crippen LogP contribution is 2.21. The highest BCUT2D eigenvalue weighted by Gasteiger charge is 2.07. The Bertz CT molecular complexity index is 390. The number of nitrogens with zero attached hydrogens (tertiary/aromatic N) is 1. The van der Waals surface area contributed by atoms with E-state index in [1.165, 1.54) is 16.7 Å². The molecule has 0 N–H and O–H groups in total. The van der Waals surface area contributed by atoms with Gasteiger partial charge in [-0.1, -0.05) is 17.8 Å². The number of thioether (sulfide) groups is 2. The first-order valence-corrected chi connectivity index (χ1v) is 7.38. The number of rotatable bonds is 4. The monoisotopic (exact) mass is 253 g/mol. The summed E-state index contributed by atoms with van der Waals surface area (Å²) in [6.07, 6.45) is 5.53. The van der Waals surface area contributed by atoms with Crippen LogP contribution in [0.5, 0.6) is 0 Å². The van der Waals surface area contributed by atoms with Crippen molar-refractivity contribution in [2.75, 3.05) is 12.5 Å². The maximum absolute atomic E-state index is 11.3. The molecule has 0 heterocycles. The van der Waals surface area contributed by atoms with Crippen molar-refractivity contribution in [1.29, 1.82) is 0 Å². The second kappa shape index (κ2) is 6.76. The zero-order chi connectivity index (χ0) is 12.0. The number of carbonyl (C=O) groups is 1. The molecule has 0 aliphatic rings. The van der Waals surface area contributed by atoms with Gasteiger partial charge in [-0.25, -0.2) is 0 Å². The van der Waals surface area contributed by atoms with Gasteiger partial charge in [-0.05, 0) is 37.6 Å². The third-order valence-electron chi connectivity index (χ3n) is 2.07. The van der Waals surface area contributed by atoms with Crippen molar-refractivity contribution in [3.8, 4) is 0 Å². The molecular weight excluding hydrogens is 238 g/mol. The number of aliphatic imine (C=N–C) groups is 1. The molecule has 86 valence electrons. The van der Waals surface area contributed by atoms with Crippen molar-refractivity contribution in [3.05, 3.63) is 24.3 Å². The Hall–Kier alpha value is -0.740. The van der Waals surface area contributed by atoms with Crippen LogP contribution in [-0.4, -0.2) is 23.8 Å². The van der Waals surface area contributed by atoms with E-state index in [0.29, 0.717) is 0 Å². The van der Waals surface area contributed by atoms with E-state index >= 15 is 0 Å². The number of hydrogen-bond acceptors (Lipinski definition) is 4. The van der Waals surface area contributed by atoms with E-state index in [2.05, 4.69) is 4.99 Å². The molecule has 0 radical (unpaired) electrons. The lowest BCUT2D eigenvalue weighted by atomic mass is 10.2. The lowest BCUT2D eigenvalue weighted by Crippen LogP contribution is -2.06. The molecular formula is C12H15NOS2. The highest BCUT2D eigenvalue weighted by atomic mass is 32.2. The Morgan fingerprint density at radius 2 is 2.19 bits per heavy atom. The molecule has 0 fully saturated rings. The molecule has 0 aliphatic heterocycles. The van der Waals surface area contributed by atoms with E-state index in [4.69, 9.17) is 0 Å². The Labute approximate surface area is 105 Å². The lowest BCUT2D eigenvalue weighted by molar-refractivity contribution is -0.112. The van der Waals surface area contributed by atoms with Gasteiger partial charge in [-0.15, -0.1) is 11.8 Å². The molecule has 0 saturated carbocycles. The summed E-state index contributed by atoms with van der Waals surface area (Å²) in [5.74, 6) is -0.132. The van der Waals surface area contributed by atoms with Crippen LogP contribution in [-0.2, 0) is 4.79 Å². The van der Waals surface area contributed by atoms with Gasteiger partial charge in [0.1, 0.15) is 0 Å². The fourth-order valence-corrected chi connectivity index (χ4v) is 2.02. The van der Waals surface area contributed by atoms with Gasteiger partial charge < -0.3 is 0 Å². The second-order valence-electron chi connectivity index (χ2n) is 3.29. The highest BCUT2D eigenvalue weighted by molar-refractivity contribution is 8.13. The maximum atomic E-state index is 11.3. The largest absolute Gasteiger partial charge is 0.287 e. The number of carbonyl (C=O) groups excluding carboxylic acids is 1. The van der Waals surface area contributed by atoms with Crippen LogP contribution in [0.25, 0.3) is 0 Å². The second-order valence-corrected chi connectivity index (χ2v) is 4.98. The molecule has 16 heavy (non-hydrogen) atoms. The van der Waals surface area contributed by atoms with Gasteiger partial charge in [0.25, 0.3) is 0 Å². The molecule has 1 aromatic carbocycles. The summed E-state index contributed by atoms with van der Waals surface area (Å²) in [6, 6.07) is 7.96. The molecule has 0 aliphatic carbocycles. The zero-order valence-corrected chi connectivity index (χ0v) is 11.3. The van der Waals surface area contributed by atoms with Crippen molar-refractivity contribution in [3.63, 3.8) is 0 Å². The van der Waals surface area contributed by atoms with Gasteiger partial charge >= 0.3 is 0 Å². The van der Waals surface area contributed by atoms with Gasteiger partial charge in [-0.2, -0.15) is 0 Å². The predicted molar refractivity (Wildman–Crippen MR) is 74.1 cm³/mol. The van der Waals surface area contributed by atoms with Gasteiger partial charge in [0.05, 0.1) is 11.6 Å². The summed E-state index contributed by atoms with van der Waals surface area (Å²) in [5.41, 5.74) is 0.896. The molecule has 0 bridgehead atoms. The first kappa shape index (κ1) is 13.3. The van der Waals surface area contributed by atoms with Crippen molar-refractivity contribution < 1.29 is 4.79 Å². The number of hydrogen-bond donors (Lipinski definition) is 0. The minimum Gasteiger partial charge on any atom is -0.287 e. The quantitative estimate of drug-likeness (QED) is 0.606. The Balaban J connectivity index is 2.72. The molecule has 0 amide bonds. The van der Waals surface area contributed by atoms with Crippen molar-refractivity contribution in [2.24, 2.45) is 10.9 Å². The molecule has 1 atom stereocenters.